The van der Waals surface area contributed by atoms with Crippen molar-refractivity contribution in [3.05, 3.63) is 35.9 Å². The van der Waals surface area contributed by atoms with E-state index in [1.807, 2.05) is 6.07 Å². The van der Waals surface area contributed by atoms with Crippen molar-refractivity contribution >= 4 is 0 Å². The molecule has 0 amide bonds. The van der Waals surface area contributed by atoms with Gasteiger partial charge in [-0.15, -0.1) is 0 Å². The molecular formula is C14H23NO. The highest BCUT2D eigenvalue weighted by Gasteiger charge is 2.03. The van der Waals surface area contributed by atoms with Crippen molar-refractivity contribution in [2.45, 2.75) is 32.7 Å². The molecule has 1 aromatic carbocycles. The van der Waals surface area contributed by atoms with Crippen molar-refractivity contribution < 1.29 is 4.74 Å². The van der Waals surface area contributed by atoms with Gasteiger partial charge in [0.1, 0.15) is 0 Å². The third-order valence-corrected chi connectivity index (χ3v) is 2.68. The summed E-state index contributed by atoms with van der Waals surface area (Å²) < 4.78 is 5.68. The van der Waals surface area contributed by atoms with Gasteiger partial charge in [-0.2, -0.15) is 0 Å². The summed E-state index contributed by atoms with van der Waals surface area (Å²) in [5.41, 5.74) is 1.35. The lowest BCUT2D eigenvalue weighted by molar-refractivity contribution is 0.113. The topological polar surface area (TPSA) is 21.3 Å². The molecular weight excluding hydrogens is 198 g/mol. The molecule has 0 saturated carbocycles. The van der Waals surface area contributed by atoms with Crippen molar-refractivity contribution in [3.8, 4) is 0 Å². The summed E-state index contributed by atoms with van der Waals surface area (Å²) in [5, 5.41) is 3.41. The summed E-state index contributed by atoms with van der Waals surface area (Å²) in [6.45, 7) is 6.96. The van der Waals surface area contributed by atoms with Gasteiger partial charge in [0.15, 0.2) is 0 Å². The first-order chi connectivity index (χ1) is 7.86. The lowest BCUT2D eigenvalue weighted by Crippen LogP contribution is -2.32. The van der Waals surface area contributed by atoms with Gasteiger partial charge in [-0.25, -0.2) is 0 Å². The molecule has 1 rings (SSSR count). The predicted molar refractivity (Wildman–Crippen MR) is 68.7 cm³/mol. The zero-order valence-corrected chi connectivity index (χ0v) is 10.4. The fourth-order valence-electron chi connectivity index (χ4n) is 1.67. The first kappa shape index (κ1) is 13.2. The molecule has 0 spiro atoms. The van der Waals surface area contributed by atoms with Crippen LogP contribution in [0.4, 0.5) is 0 Å². The molecule has 1 atom stereocenters. The maximum Gasteiger partial charge on any atom is 0.0619 e. The van der Waals surface area contributed by atoms with Crippen LogP contribution in [0.5, 0.6) is 0 Å². The van der Waals surface area contributed by atoms with Crippen molar-refractivity contribution in [2.75, 3.05) is 19.8 Å². The van der Waals surface area contributed by atoms with Crippen LogP contribution in [0.3, 0.4) is 0 Å². The molecule has 2 heteroatoms. The van der Waals surface area contributed by atoms with Gasteiger partial charge in [0, 0.05) is 6.04 Å². The van der Waals surface area contributed by atoms with E-state index < -0.39 is 0 Å². The molecule has 0 bridgehead atoms. The van der Waals surface area contributed by atoms with Crippen LogP contribution >= 0.6 is 0 Å². The Labute approximate surface area is 99.0 Å². The molecule has 90 valence electrons. The molecule has 0 saturated heterocycles. The molecule has 0 heterocycles. The highest BCUT2D eigenvalue weighted by atomic mass is 16.5. The molecule has 0 fully saturated rings. The third kappa shape index (κ3) is 5.29. The van der Waals surface area contributed by atoms with Crippen LogP contribution in [0, 0.1) is 0 Å². The first-order valence-corrected chi connectivity index (χ1v) is 6.21. The van der Waals surface area contributed by atoms with E-state index in [9.17, 15) is 0 Å². The fraction of sp³-hybridized carbons (Fsp3) is 0.571. The predicted octanol–water partition coefficient (Wildman–Crippen LogP) is 2.63. The van der Waals surface area contributed by atoms with E-state index in [4.69, 9.17) is 4.74 Å². The molecule has 1 unspecified atom stereocenters. The average Bonchev–Trinajstić information content (AvgIpc) is 2.34. The molecule has 0 aliphatic heterocycles. The zero-order chi connectivity index (χ0) is 11.6. The first-order valence-electron chi connectivity index (χ1n) is 6.21. The third-order valence-electron chi connectivity index (χ3n) is 2.68. The number of hydrogen-bond donors (Lipinski definition) is 1. The van der Waals surface area contributed by atoms with Gasteiger partial charge in [0.25, 0.3) is 0 Å². The second-order valence-corrected chi connectivity index (χ2v) is 3.97. The second kappa shape index (κ2) is 8.31. The van der Waals surface area contributed by atoms with Crippen LogP contribution in [0.15, 0.2) is 30.3 Å². The van der Waals surface area contributed by atoms with Crippen LogP contribution in [-0.4, -0.2) is 25.8 Å². The quantitative estimate of drug-likeness (QED) is 0.681. The summed E-state index contributed by atoms with van der Waals surface area (Å²) >= 11 is 0. The number of ether oxygens (including phenoxy) is 1. The van der Waals surface area contributed by atoms with E-state index in [0.29, 0.717) is 6.04 Å². The summed E-state index contributed by atoms with van der Waals surface area (Å²) in [6.07, 6.45) is 2.13. The van der Waals surface area contributed by atoms with Crippen LogP contribution in [0.1, 0.15) is 25.8 Å². The van der Waals surface area contributed by atoms with Crippen LogP contribution in [-0.2, 0) is 11.2 Å². The Morgan fingerprint density at radius 2 is 1.94 bits per heavy atom. The Hall–Kier alpha value is -0.860. The number of rotatable bonds is 8. The van der Waals surface area contributed by atoms with Crippen LogP contribution in [0.2, 0.25) is 0 Å². The summed E-state index contributed by atoms with van der Waals surface area (Å²) in [4.78, 5) is 0. The van der Waals surface area contributed by atoms with E-state index >= 15 is 0 Å². The molecule has 2 nitrogen and oxygen atoms in total. The molecule has 0 aliphatic rings. The molecule has 1 N–H and O–H groups in total. The monoisotopic (exact) mass is 221 g/mol. The summed E-state index contributed by atoms with van der Waals surface area (Å²) in [7, 11) is 0. The zero-order valence-electron chi connectivity index (χ0n) is 10.4. The van der Waals surface area contributed by atoms with Crippen LogP contribution in [0.25, 0.3) is 0 Å². The Morgan fingerprint density at radius 1 is 1.19 bits per heavy atom. The maximum atomic E-state index is 5.68. The largest absolute Gasteiger partial charge is 0.379 e. The number of likely N-dealkylation sites (N-methyl/N-ethyl adjacent to an activating group) is 1. The molecule has 16 heavy (non-hydrogen) atoms. The van der Waals surface area contributed by atoms with Gasteiger partial charge >= 0.3 is 0 Å². The van der Waals surface area contributed by atoms with E-state index in [2.05, 4.69) is 43.4 Å². The van der Waals surface area contributed by atoms with Crippen molar-refractivity contribution in [2.24, 2.45) is 0 Å². The minimum Gasteiger partial charge on any atom is -0.379 e. The van der Waals surface area contributed by atoms with Gasteiger partial charge in [0.2, 0.25) is 0 Å². The highest BCUT2D eigenvalue weighted by Crippen LogP contribution is 2.00. The normalized spacial score (nSPS) is 12.6. The lowest BCUT2D eigenvalue weighted by Gasteiger charge is -2.15. The van der Waals surface area contributed by atoms with Gasteiger partial charge in [-0.1, -0.05) is 44.2 Å². The van der Waals surface area contributed by atoms with Crippen LogP contribution < -0.4 is 5.32 Å². The Kier molecular flexibility index (Phi) is 6.86. The Bertz CT molecular complexity index is 261. The average molecular weight is 221 g/mol. The van der Waals surface area contributed by atoms with E-state index in [1.165, 1.54) is 5.56 Å². The van der Waals surface area contributed by atoms with Gasteiger partial charge < -0.3 is 10.1 Å². The van der Waals surface area contributed by atoms with Crippen molar-refractivity contribution in [3.63, 3.8) is 0 Å². The minimum absolute atomic E-state index is 0.501. The van der Waals surface area contributed by atoms with E-state index in [0.717, 1.165) is 32.6 Å². The highest BCUT2D eigenvalue weighted by molar-refractivity contribution is 5.14. The van der Waals surface area contributed by atoms with E-state index in [-0.39, 0.29) is 0 Å². The van der Waals surface area contributed by atoms with Gasteiger partial charge in [0.05, 0.1) is 13.2 Å². The van der Waals surface area contributed by atoms with E-state index in [1.54, 1.807) is 0 Å². The smallest absolute Gasteiger partial charge is 0.0619 e. The Morgan fingerprint density at radius 3 is 2.56 bits per heavy atom. The summed E-state index contributed by atoms with van der Waals surface area (Å²) in [6, 6.07) is 11.0. The van der Waals surface area contributed by atoms with Crippen molar-refractivity contribution in [1.82, 2.24) is 5.32 Å². The lowest BCUT2D eigenvalue weighted by atomic mass is 10.2. The molecule has 0 aromatic heterocycles. The summed E-state index contributed by atoms with van der Waals surface area (Å²) in [5.74, 6) is 0. The Balaban J connectivity index is 2.11. The molecule has 0 aliphatic carbocycles. The standard InChI is InChI=1S/C14H23NO/c1-3-14(15-4-2)12-16-11-10-13-8-6-5-7-9-13/h5-9,14-15H,3-4,10-12H2,1-2H3. The number of benzene rings is 1. The maximum absolute atomic E-state index is 5.68. The van der Waals surface area contributed by atoms with Gasteiger partial charge in [-0.3, -0.25) is 0 Å². The number of hydrogen-bond acceptors (Lipinski definition) is 2. The van der Waals surface area contributed by atoms with Gasteiger partial charge in [-0.05, 0) is 24.9 Å². The molecule has 0 radical (unpaired) electrons. The second-order valence-electron chi connectivity index (χ2n) is 3.97. The minimum atomic E-state index is 0.501. The fourth-order valence-corrected chi connectivity index (χ4v) is 1.67. The van der Waals surface area contributed by atoms with Crippen molar-refractivity contribution in [1.29, 1.82) is 0 Å². The number of nitrogens with one attached hydrogen (secondary N) is 1. The SMILES string of the molecule is CCNC(CC)COCCc1ccccc1. The molecule has 1 aromatic rings.